The van der Waals surface area contributed by atoms with Crippen molar-refractivity contribution in [3.63, 3.8) is 0 Å². The van der Waals surface area contributed by atoms with E-state index in [9.17, 15) is 15.0 Å². The molecule has 0 amide bonds. The van der Waals surface area contributed by atoms with Gasteiger partial charge in [-0.1, -0.05) is 27.7 Å². The van der Waals surface area contributed by atoms with Crippen molar-refractivity contribution in [1.29, 1.82) is 0 Å². The molecule has 1 saturated heterocycles. The number of aliphatic hydroxyl groups is 2. The van der Waals surface area contributed by atoms with Gasteiger partial charge in [0.05, 0.1) is 0 Å². The van der Waals surface area contributed by atoms with Gasteiger partial charge in [-0.15, -0.1) is 0 Å². The second kappa shape index (κ2) is 7.36. The lowest BCUT2D eigenvalue weighted by Gasteiger charge is -2.40. The molecule has 0 aromatic carbocycles. The summed E-state index contributed by atoms with van der Waals surface area (Å²) in [6, 6.07) is 0. The zero-order chi connectivity index (χ0) is 17.1. The predicted octanol–water partition coefficient (Wildman–Crippen LogP) is 1.19. The van der Waals surface area contributed by atoms with Crippen molar-refractivity contribution in [3.05, 3.63) is 0 Å². The van der Waals surface area contributed by atoms with E-state index in [-0.39, 0.29) is 11.3 Å². The van der Waals surface area contributed by atoms with Crippen LogP contribution in [0.4, 0.5) is 0 Å². The first-order valence-electron chi connectivity index (χ1n) is 8.00. The molecule has 1 rings (SSSR count). The van der Waals surface area contributed by atoms with E-state index in [0.717, 1.165) is 6.42 Å². The number of nitrogens with one attached hydrogen (secondary N) is 1. The zero-order valence-corrected chi connectivity index (χ0v) is 14.5. The topological polar surface area (TPSA) is 88.0 Å². The van der Waals surface area contributed by atoms with Gasteiger partial charge in [-0.25, -0.2) is 0 Å². The summed E-state index contributed by atoms with van der Waals surface area (Å²) in [6.07, 6.45) is -3.10. The van der Waals surface area contributed by atoms with Gasteiger partial charge in [-0.3, -0.25) is 4.79 Å². The smallest absolute Gasteiger partial charge is 0.187 e. The van der Waals surface area contributed by atoms with Gasteiger partial charge in [-0.2, -0.15) is 0 Å². The van der Waals surface area contributed by atoms with E-state index in [1.54, 1.807) is 13.8 Å². The van der Waals surface area contributed by atoms with E-state index < -0.39 is 30.2 Å². The van der Waals surface area contributed by atoms with E-state index in [1.165, 1.54) is 0 Å². The Balaban J connectivity index is 2.76. The van der Waals surface area contributed by atoms with E-state index >= 15 is 0 Å². The molecule has 0 saturated carbocycles. The summed E-state index contributed by atoms with van der Waals surface area (Å²) >= 11 is 0. The number of aliphatic hydroxyl groups excluding tert-OH is 2. The average molecular weight is 317 g/mol. The normalized spacial score (nSPS) is 30.4. The number of rotatable bonds is 7. The monoisotopic (exact) mass is 317 g/mol. The molecule has 3 N–H and O–H groups in total. The Kier molecular flexibility index (Phi) is 6.53. The molecule has 1 fully saturated rings. The number of Topliss-reactive ketones (excluding diaryl/α,β-unsaturated/α-hetero) is 1. The maximum atomic E-state index is 12.5. The summed E-state index contributed by atoms with van der Waals surface area (Å²) in [4.78, 5) is 12.5. The first-order chi connectivity index (χ1) is 10.0. The van der Waals surface area contributed by atoms with Gasteiger partial charge >= 0.3 is 0 Å². The molecule has 6 nitrogen and oxygen atoms in total. The first kappa shape index (κ1) is 19.5. The number of ketones is 1. The Bertz CT molecular complexity index is 383. The van der Waals surface area contributed by atoms with E-state index in [1.807, 2.05) is 20.8 Å². The van der Waals surface area contributed by atoms with Crippen molar-refractivity contribution in [1.82, 2.24) is 5.32 Å². The Labute approximate surface area is 133 Å². The van der Waals surface area contributed by atoms with Gasteiger partial charge in [0.15, 0.2) is 24.5 Å². The van der Waals surface area contributed by atoms with Crippen LogP contribution >= 0.6 is 0 Å². The van der Waals surface area contributed by atoms with E-state index in [2.05, 4.69) is 12.2 Å². The molecule has 1 aliphatic rings. The third kappa shape index (κ3) is 4.73. The van der Waals surface area contributed by atoms with Crippen LogP contribution in [-0.4, -0.2) is 52.9 Å². The van der Waals surface area contributed by atoms with Crippen molar-refractivity contribution in [2.24, 2.45) is 5.41 Å². The quantitative estimate of drug-likeness (QED) is 0.654. The summed E-state index contributed by atoms with van der Waals surface area (Å²) in [6.45, 7) is 12.0. The van der Waals surface area contributed by atoms with Crippen LogP contribution in [0, 0.1) is 5.41 Å². The second-order valence-electron chi connectivity index (χ2n) is 7.22. The molecule has 0 bridgehead atoms. The van der Waals surface area contributed by atoms with Crippen molar-refractivity contribution in [2.75, 3.05) is 6.54 Å². The van der Waals surface area contributed by atoms with E-state index in [4.69, 9.17) is 9.47 Å². The summed E-state index contributed by atoms with van der Waals surface area (Å²) in [5.74, 6) is -0.218. The highest BCUT2D eigenvalue weighted by Crippen LogP contribution is 2.29. The van der Waals surface area contributed by atoms with Crippen molar-refractivity contribution in [3.8, 4) is 0 Å². The Morgan fingerprint density at radius 3 is 2.18 bits per heavy atom. The fourth-order valence-electron chi connectivity index (χ4n) is 2.02. The average Bonchev–Trinajstić information content (AvgIpc) is 2.47. The van der Waals surface area contributed by atoms with Gasteiger partial charge in [0.2, 0.25) is 0 Å². The minimum atomic E-state index is -1.42. The lowest BCUT2D eigenvalue weighted by molar-refractivity contribution is -0.326. The third-order valence-electron chi connectivity index (χ3n) is 4.63. The number of hydrogen-bond donors (Lipinski definition) is 3. The summed E-state index contributed by atoms with van der Waals surface area (Å²) < 4.78 is 10.8. The molecule has 4 atom stereocenters. The lowest BCUT2D eigenvalue weighted by atomic mass is 9.81. The molecule has 130 valence electrons. The highest BCUT2D eigenvalue weighted by molar-refractivity contribution is 5.88. The molecule has 1 heterocycles. The van der Waals surface area contributed by atoms with Crippen molar-refractivity contribution >= 4 is 5.78 Å². The van der Waals surface area contributed by atoms with Crippen LogP contribution < -0.4 is 5.32 Å². The third-order valence-corrected chi connectivity index (χ3v) is 4.63. The first-order valence-corrected chi connectivity index (χ1v) is 8.00. The van der Waals surface area contributed by atoms with E-state index in [0.29, 0.717) is 13.0 Å². The fourth-order valence-corrected chi connectivity index (χ4v) is 2.02. The number of carbonyl (C=O) groups excluding carboxylic acids is 1. The Hall–Kier alpha value is -0.530. The highest BCUT2D eigenvalue weighted by atomic mass is 16.8. The molecular formula is C16H31NO5. The molecule has 0 spiro atoms. The molecular weight excluding hydrogens is 286 g/mol. The van der Waals surface area contributed by atoms with Gasteiger partial charge in [0.1, 0.15) is 6.10 Å². The number of ether oxygens (including phenoxy) is 2. The van der Waals surface area contributed by atoms with Crippen molar-refractivity contribution in [2.45, 2.75) is 84.7 Å². The number of carbonyl (C=O) groups is 1. The molecule has 0 radical (unpaired) electrons. The largest absolute Gasteiger partial charge is 0.385 e. The van der Waals surface area contributed by atoms with Crippen LogP contribution in [0.1, 0.15) is 54.4 Å². The molecule has 0 aromatic heterocycles. The summed E-state index contributed by atoms with van der Waals surface area (Å²) in [7, 11) is 0. The minimum absolute atomic E-state index is 0.101. The zero-order valence-electron chi connectivity index (χ0n) is 14.5. The van der Waals surface area contributed by atoms with Crippen molar-refractivity contribution < 1.29 is 24.5 Å². The van der Waals surface area contributed by atoms with Crippen LogP contribution in [0.2, 0.25) is 0 Å². The standard InChI is InChI=1S/C16H31NO5/c1-7-15(3,4)13(19)12-11(18)14(20)22-10(21-12)9-17-16(5,6)8-2/h10-12,14,17-18,20H,7-9H2,1-6H3. The van der Waals surface area contributed by atoms with Gasteiger partial charge in [0, 0.05) is 17.5 Å². The fraction of sp³-hybridized carbons (Fsp3) is 0.938. The van der Waals surface area contributed by atoms with Gasteiger partial charge in [-0.05, 0) is 26.7 Å². The molecule has 4 unspecified atom stereocenters. The Morgan fingerprint density at radius 1 is 1.09 bits per heavy atom. The van der Waals surface area contributed by atoms with Crippen LogP contribution in [0.25, 0.3) is 0 Å². The number of hydrogen-bond acceptors (Lipinski definition) is 6. The molecule has 1 aliphatic heterocycles. The SMILES string of the molecule is CCC(C)(C)NCC1OC(O)C(O)C(C(=O)C(C)(C)CC)O1. The van der Waals surface area contributed by atoms with Gasteiger partial charge < -0.3 is 25.0 Å². The summed E-state index contributed by atoms with van der Waals surface area (Å²) in [5, 5.41) is 23.1. The maximum Gasteiger partial charge on any atom is 0.187 e. The maximum absolute atomic E-state index is 12.5. The highest BCUT2D eigenvalue weighted by Gasteiger charge is 2.45. The van der Waals surface area contributed by atoms with Crippen LogP contribution in [-0.2, 0) is 14.3 Å². The van der Waals surface area contributed by atoms with Crippen LogP contribution in [0.5, 0.6) is 0 Å². The van der Waals surface area contributed by atoms with Crippen LogP contribution in [0.3, 0.4) is 0 Å². The second-order valence-corrected chi connectivity index (χ2v) is 7.22. The minimum Gasteiger partial charge on any atom is -0.385 e. The molecule has 0 aromatic rings. The summed E-state index contributed by atoms with van der Waals surface area (Å²) in [5.41, 5.74) is -0.723. The molecule has 6 heteroatoms. The molecule has 22 heavy (non-hydrogen) atoms. The van der Waals surface area contributed by atoms with Gasteiger partial charge in [0.25, 0.3) is 0 Å². The van der Waals surface area contributed by atoms with Crippen LogP contribution in [0.15, 0.2) is 0 Å². The lowest BCUT2D eigenvalue weighted by Crippen LogP contribution is -2.58. The molecule has 0 aliphatic carbocycles. The predicted molar refractivity (Wildman–Crippen MR) is 83.2 cm³/mol. The Morgan fingerprint density at radius 2 is 1.68 bits per heavy atom.